The quantitative estimate of drug-likeness (QED) is 0.859. The summed E-state index contributed by atoms with van der Waals surface area (Å²) in [7, 11) is -1.06. The lowest BCUT2D eigenvalue weighted by molar-refractivity contribution is -0.141. The Morgan fingerprint density at radius 1 is 1.48 bits per heavy atom. The number of rotatable bonds is 5. The number of benzene rings is 1. The summed E-state index contributed by atoms with van der Waals surface area (Å²) in [6.45, 7) is 1.62. The summed E-state index contributed by atoms with van der Waals surface area (Å²) in [6.07, 6.45) is 0.168. The number of aryl methyl sites for hydroxylation is 1. The largest absolute Gasteiger partial charge is 0.480 e. The summed E-state index contributed by atoms with van der Waals surface area (Å²) in [6, 6.07) is 3.55. The summed E-state index contributed by atoms with van der Waals surface area (Å²) < 4.78 is 27.6. The van der Waals surface area contributed by atoms with Crippen molar-refractivity contribution in [1.82, 2.24) is 19.3 Å². The first-order chi connectivity index (χ1) is 9.80. The molecular weight excluding hydrogens is 296 g/mol. The Morgan fingerprint density at radius 3 is 2.71 bits per heavy atom. The summed E-state index contributed by atoms with van der Waals surface area (Å²) in [5.74, 6) is -1.19. The maximum atomic E-state index is 12.6. The molecule has 0 spiro atoms. The first kappa shape index (κ1) is 15.4. The van der Waals surface area contributed by atoms with E-state index in [0.29, 0.717) is 5.52 Å². The highest BCUT2D eigenvalue weighted by Crippen LogP contribution is 2.24. The van der Waals surface area contributed by atoms with E-state index >= 15 is 0 Å². The van der Waals surface area contributed by atoms with E-state index in [9.17, 15) is 13.2 Å². The second-order valence-electron chi connectivity index (χ2n) is 4.62. The van der Waals surface area contributed by atoms with Crippen LogP contribution in [0.5, 0.6) is 0 Å². The van der Waals surface area contributed by atoms with Crippen molar-refractivity contribution in [2.24, 2.45) is 7.05 Å². The molecule has 1 atom stereocenters. The van der Waals surface area contributed by atoms with Crippen LogP contribution in [0.15, 0.2) is 23.1 Å². The molecule has 2 aromatic rings. The smallest absolute Gasteiger partial charge is 0.321 e. The monoisotopic (exact) mass is 312 g/mol. The zero-order chi connectivity index (χ0) is 15.8. The van der Waals surface area contributed by atoms with E-state index in [1.807, 2.05) is 0 Å². The molecule has 1 aromatic carbocycles. The summed E-state index contributed by atoms with van der Waals surface area (Å²) >= 11 is 0. The molecule has 114 valence electrons. The molecule has 21 heavy (non-hydrogen) atoms. The molecule has 0 unspecified atom stereocenters. The molecule has 0 aliphatic rings. The van der Waals surface area contributed by atoms with Gasteiger partial charge in [-0.05, 0) is 18.6 Å². The SMILES string of the molecule is CC[C@@H](C(=O)O)N(C)S(=O)(=O)c1cccc2c1nnn2C. The third kappa shape index (κ3) is 2.49. The van der Waals surface area contributed by atoms with Gasteiger partial charge in [-0.25, -0.2) is 13.1 Å². The minimum atomic E-state index is -3.97. The molecule has 8 nitrogen and oxygen atoms in total. The Labute approximate surface area is 122 Å². The second kappa shape index (κ2) is 5.41. The number of hydrogen-bond acceptors (Lipinski definition) is 5. The number of nitrogens with zero attached hydrogens (tertiary/aromatic N) is 4. The molecule has 2 rings (SSSR count). The van der Waals surface area contributed by atoms with Crippen molar-refractivity contribution in [1.29, 1.82) is 0 Å². The second-order valence-corrected chi connectivity index (χ2v) is 6.59. The number of sulfonamides is 1. The maximum absolute atomic E-state index is 12.6. The van der Waals surface area contributed by atoms with Crippen LogP contribution < -0.4 is 0 Å². The Morgan fingerprint density at radius 2 is 2.14 bits per heavy atom. The molecule has 0 radical (unpaired) electrons. The summed E-state index contributed by atoms with van der Waals surface area (Å²) in [5, 5.41) is 16.8. The number of carbonyl (C=O) groups is 1. The molecule has 0 aliphatic carbocycles. The number of likely N-dealkylation sites (N-methyl/N-ethyl adjacent to an activating group) is 1. The van der Waals surface area contributed by atoms with Crippen molar-refractivity contribution in [3.05, 3.63) is 18.2 Å². The highest BCUT2D eigenvalue weighted by Gasteiger charge is 2.33. The van der Waals surface area contributed by atoms with Crippen LogP contribution in [0, 0.1) is 0 Å². The minimum absolute atomic E-state index is 0.0460. The van der Waals surface area contributed by atoms with Gasteiger partial charge in [0.1, 0.15) is 16.5 Å². The van der Waals surface area contributed by atoms with Crippen LogP contribution in [0.3, 0.4) is 0 Å². The van der Waals surface area contributed by atoms with Crippen LogP contribution in [-0.2, 0) is 21.9 Å². The topological polar surface area (TPSA) is 105 Å². The van der Waals surface area contributed by atoms with E-state index in [2.05, 4.69) is 10.3 Å². The number of carboxylic acids is 1. The molecule has 1 N–H and O–H groups in total. The molecule has 0 fully saturated rings. The zero-order valence-corrected chi connectivity index (χ0v) is 12.7. The number of fused-ring (bicyclic) bond motifs is 1. The number of aromatic nitrogens is 3. The van der Waals surface area contributed by atoms with E-state index in [-0.39, 0.29) is 16.8 Å². The van der Waals surface area contributed by atoms with Gasteiger partial charge in [0.05, 0.1) is 5.52 Å². The fraction of sp³-hybridized carbons (Fsp3) is 0.417. The van der Waals surface area contributed by atoms with E-state index in [1.54, 1.807) is 26.1 Å². The fourth-order valence-electron chi connectivity index (χ4n) is 2.15. The van der Waals surface area contributed by atoms with Crippen LogP contribution in [0.1, 0.15) is 13.3 Å². The number of aliphatic carboxylic acids is 1. The van der Waals surface area contributed by atoms with Gasteiger partial charge in [-0.15, -0.1) is 5.10 Å². The van der Waals surface area contributed by atoms with Crippen molar-refractivity contribution >= 4 is 27.0 Å². The molecule has 9 heteroatoms. The molecule has 0 aliphatic heterocycles. The van der Waals surface area contributed by atoms with E-state index in [1.165, 1.54) is 17.8 Å². The molecule has 1 aromatic heterocycles. The Hall–Kier alpha value is -2.00. The molecule has 0 bridgehead atoms. The van der Waals surface area contributed by atoms with Gasteiger partial charge >= 0.3 is 5.97 Å². The normalized spacial score (nSPS) is 13.7. The molecule has 0 saturated heterocycles. The van der Waals surface area contributed by atoms with Gasteiger partial charge in [-0.2, -0.15) is 4.31 Å². The molecule has 0 saturated carbocycles. The average Bonchev–Trinajstić information content (AvgIpc) is 2.80. The fourth-order valence-corrected chi connectivity index (χ4v) is 3.68. The van der Waals surface area contributed by atoms with Gasteiger partial charge in [0.25, 0.3) is 0 Å². The third-order valence-electron chi connectivity index (χ3n) is 3.37. The number of hydrogen-bond donors (Lipinski definition) is 1. The van der Waals surface area contributed by atoms with Gasteiger partial charge in [-0.3, -0.25) is 4.79 Å². The van der Waals surface area contributed by atoms with E-state index in [4.69, 9.17) is 5.11 Å². The number of carboxylic acid groups (broad SMARTS) is 1. The summed E-state index contributed by atoms with van der Waals surface area (Å²) in [4.78, 5) is 11.1. The third-order valence-corrected chi connectivity index (χ3v) is 5.27. The lowest BCUT2D eigenvalue weighted by Crippen LogP contribution is -2.41. The van der Waals surface area contributed by atoms with Crippen LogP contribution in [0.25, 0.3) is 11.0 Å². The van der Waals surface area contributed by atoms with Crippen LogP contribution in [0.4, 0.5) is 0 Å². The standard InChI is InChI=1S/C12H16N4O4S/c1-4-8(12(17)18)16(3)21(19,20)10-7-5-6-9-11(10)13-14-15(9)2/h5-8H,4H2,1-3H3,(H,17,18)/t8-/m0/s1. The highest BCUT2D eigenvalue weighted by molar-refractivity contribution is 7.89. The Kier molecular flexibility index (Phi) is 3.97. The minimum Gasteiger partial charge on any atom is -0.480 e. The van der Waals surface area contributed by atoms with Crippen LogP contribution >= 0.6 is 0 Å². The van der Waals surface area contributed by atoms with Crippen molar-refractivity contribution < 1.29 is 18.3 Å². The lowest BCUT2D eigenvalue weighted by atomic mass is 10.2. The predicted octanol–water partition coefficient (Wildman–Crippen LogP) is 0.452. The Bertz CT molecular complexity index is 784. The van der Waals surface area contributed by atoms with Crippen molar-refractivity contribution in [3.8, 4) is 0 Å². The lowest BCUT2D eigenvalue weighted by Gasteiger charge is -2.23. The first-order valence-corrected chi connectivity index (χ1v) is 7.74. The average molecular weight is 312 g/mol. The first-order valence-electron chi connectivity index (χ1n) is 6.30. The Balaban J connectivity index is 2.59. The van der Waals surface area contributed by atoms with Crippen LogP contribution in [-0.4, -0.2) is 51.9 Å². The van der Waals surface area contributed by atoms with Gasteiger partial charge in [0.2, 0.25) is 10.0 Å². The molecule has 0 amide bonds. The molecule has 1 heterocycles. The molecular formula is C12H16N4O4S. The van der Waals surface area contributed by atoms with Crippen molar-refractivity contribution in [2.45, 2.75) is 24.3 Å². The predicted molar refractivity (Wildman–Crippen MR) is 75.2 cm³/mol. The zero-order valence-electron chi connectivity index (χ0n) is 11.9. The summed E-state index contributed by atoms with van der Waals surface area (Å²) in [5.41, 5.74) is 0.792. The van der Waals surface area contributed by atoms with Gasteiger partial charge < -0.3 is 5.11 Å². The van der Waals surface area contributed by atoms with Crippen LogP contribution in [0.2, 0.25) is 0 Å². The highest BCUT2D eigenvalue weighted by atomic mass is 32.2. The van der Waals surface area contributed by atoms with Crippen molar-refractivity contribution in [2.75, 3.05) is 7.05 Å². The van der Waals surface area contributed by atoms with Gasteiger partial charge in [0, 0.05) is 14.1 Å². The van der Waals surface area contributed by atoms with Gasteiger partial charge in [-0.1, -0.05) is 18.2 Å². The van der Waals surface area contributed by atoms with E-state index < -0.39 is 22.0 Å². The maximum Gasteiger partial charge on any atom is 0.321 e. The van der Waals surface area contributed by atoms with E-state index in [0.717, 1.165) is 4.31 Å². The van der Waals surface area contributed by atoms with Crippen molar-refractivity contribution in [3.63, 3.8) is 0 Å². The van der Waals surface area contributed by atoms with Gasteiger partial charge in [0.15, 0.2) is 0 Å².